The van der Waals surface area contributed by atoms with Crippen molar-refractivity contribution in [1.29, 1.82) is 0 Å². The van der Waals surface area contributed by atoms with Crippen LogP contribution in [-0.4, -0.2) is 52.7 Å². The van der Waals surface area contributed by atoms with Gasteiger partial charge in [-0.3, -0.25) is 4.90 Å². The van der Waals surface area contributed by atoms with E-state index in [1.165, 1.54) is 24.8 Å². The minimum atomic E-state index is 0.627. The minimum absolute atomic E-state index is 0.627. The number of likely N-dealkylation sites (tertiary alicyclic amines) is 1. The van der Waals surface area contributed by atoms with Crippen LogP contribution in [0.3, 0.4) is 0 Å². The Morgan fingerprint density at radius 2 is 2.12 bits per heavy atom. The minimum Gasteiger partial charge on any atom is -0.340 e. The summed E-state index contributed by atoms with van der Waals surface area (Å²) >= 11 is 0. The number of likely N-dealkylation sites (N-methyl/N-ethyl adjacent to an activating group) is 1. The first kappa shape index (κ1) is 17.1. The fourth-order valence-corrected chi connectivity index (χ4v) is 3.50. The summed E-state index contributed by atoms with van der Waals surface area (Å²) in [7, 11) is 2.26. The van der Waals surface area contributed by atoms with Gasteiger partial charge in [-0.1, -0.05) is 35.5 Å². The summed E-state index contributed by atoms with van der Waals surface area (Å²) < 4.78 is 5.08. The molecule has 3 rings (SSSR count). The summed E-state index contributed by atoms with van der Waals surface area (Å²) in [6, 6.07) is 11.4. The maximum atomic E-state index is 5.08. The van der Waals surface area contributed by atoms with Crippen LogP contribution in [0.1, 0.15) is 36.5 Å². The van der Waals surface area contributed by atoms with Gasteiger partial charge in [0.05, 0.1) is 6.54 Å². The SMILES string of the molecule is Cc1nc(CN2CCC[C@H](N(C)CCCc3ccccc3)C2)no1. The van der Waals surface area contributed by atoms with E-state index in [-0.39, 0.29) is 0 Å². The van der Waals surface area contributed by atoms with Gasteiger partial charge in [-0.15, -0.1) is 0 Å². The molecular formula is C19H28N4O. The second-order valence-electron chi connectivity index (χ2n) is 6.83. The standard InChI is InChI=1S/C19H28N4O/c1-16-20-19(21-24-16)15-23-13-7-11-18(14-23)22(2)12-6-10-17-8-4-3-5-9-17/h3-5,8-9,18H,6-7,10-15H2,1-2H3/t18-/m0/s1. The van der Waals surface area contributed by atoms with E-state index in [2.05, 4.69) is 57.3 Å². The first-order valence-electron chi connectivity index (χ1n) is 8.96. The second-order valence-corrected chi connectivity index (χ2v) is 6.83. The van der Waals surface area contributed by atoms with E-state index in [0.29, 0.717) is 11.9 Å². The predicted molar refractivity (Wildman–Crippen MR) is 94.7 cm³/mol. The van der Waals surface area contributed by atoms with Crippen LogP contribution < -0.4 is 0 Å². The summed E-state index contributed by atoms with van der Waals surface area (Å²) in [6.45, 7) is 6.01. The van der Waals surface area contributed by atoms with Crippen molar-refractivity contribution in [2.24, 2.45) is 0 Å². The smallest absolute Gasteiger partial charge is 0.223 e. The summed E-state index contributed by atoms with van der Waals surface area (Å²) in [5.74, 6) is 1.46. The molecule has 0 N–H and O–H groups in total. The molecule has 5 nitrogen and oxygen atoms in total. The Balaban J connectivity index is 1.43. The lowest BCUT2D eigenvalue weighted by atomic mass is 10.0. The third kappa shape index (κ3) is 4.89. The molecular weight excluding hydrogens is 300 g/mol. The van der Waals surface area contributed by atoms with Crippen LogP contribution in [0.25, 0.3) is 0 Å². The maximum Gasteiger partial charge on any atom is 0.223 e. The number of aryl methyl sites for hydroxylation is 2. The number of nitrogens with zero attached hydrogens (tertiary/aromatic N) is 4. The van der Waals surface area contributed by atoms with Crippen LogP contribution >= 0.6 is 0 Å². The molecule has 1 saturated heterocycles. The lowest BCUT2D eigenvalue weighted by Crippen LogP contribution is -2.46. The Hall–Kier alpha value is -1.72. The molecule has 24 heavy (non-hydrogen) atoms. The molecule has 1 atom stereocenters. The van der Waals surface area contributed by atoms with Crippen molar-refractivity contribution in [2.75, 3.05) is 26.7 Å². The van der Waals surface area contributed by atoms with E-state index in [4.69, 9.17) is 4.52 Å². The van der Waals surface area contributed by atoms with Gasteiger partial charge in [0.15, 0.2) is 5.82 Å². The van der Waals surface area contributed by atoms with Gasteiger partial charge < -0.3 is 9.42 Å². The molecule has 130 valence electrons. The van der Waals surface area contributed by atoms with Crippen molar-refractivity contribution in [2.45, 2.75) is 45.2 Å². The third-order valence-corrected chi connectivity index (χ3v) is 4.86. The molecule has 0 unspecified atom stereocenters. The molecule has 0 radical (unpaired) electrons. The summed E-state index contributed by atoms with van der Waals surface area (Å²) in [6.07, 6.45) is 4.89. The fourth-order valence-electron chi connectivity index (χ4n) is 3.50. The average Bonchev–Trinajstić information content (AvgIpc) is 3.01. The van der Waals surface area contributed by atoms with E-state index in [9.17, 15) is 0 Å². The lowest BCUT2D eigenvalue weighted by molar-refractivity contribution is 0.108. The Morgan fingerprint density at radius 3 is 2.88 bits per heavy atom. The number of hydrogen-bond acceptors (Lipinski definition) is 5. The summed E-state index contributed by atoms with van der Waals surface area (Å²) in [4.78, 5) is 9.30. The van der Waals surface area contributed by atoms with Crippen LogP contribution in [0, 0.1) is 6.92 Å². The van der Waals surface area contributed by atoms with E-state index < -0.39 is 0 Å². The summed E-state index contributed by atoms with van der Waals surface area (Å²) in [5.41, 5.74) is 1.43. The van der Waals surface area contributed by atoms with Crippen LogP contribution in [0.2, 0.25) is 0 Å². The maximum absolute atomic E-state index is 5.08. The zero-order chi connectivity index (χ0) is 16.8. The molecule has 1 aliphatic heterocycles. The summed E-state index contributed by atoms with van der Waals surface area (Å²) in [5, 5.41) is 4.02. The van der Waals surface area contributed by atoms with Gasteiger partial charge in [0.1, 0.15) is 0 Å². The van der Waals surface area contributed by atoms with Crippen molar-refractivity contribution in [1.82, 2.24) is 19.9 Å². The second kappa shape index (κ2) is 8.40. The number of rotatable bonds is 7. The molecule has 0 spiro atoms. The van der Waals surface area contributed by atoms with Crippen molar-refractivity contribution < 1.29 is 4.52 Å². The van der Waals surface area contributed by atoms with Gasteiger partial charge in [0, 0.05) is 19.5 Å². The van der Waals surface area contributed by atoms with Crippen LogP contribution in [-0.2, 0) is 13.0 Å². The number of piperidine rings is 1. The zero-order valence-electron chi connectivity index (χ0n) is 14.8. The predicted octanol–water partition coefficient (Wildman–Crippen LogP) is 2.91. The van der Waals surface area contributed by atoms with Crippen molar-refractivity contribution in [3.8, 4) is 0 Å². The van der Waals surface area contributed by atoms with Crippen LogP contribution in [0.4, 0.5) is 0 Å². The van der Waals surface area contributed by atoms with Gasteiger partial charge >= 0.3 is 0 Å². The number of hydrogen-bond donors (Lipinski definition) is 0. The highest BCUT2D eigenvalue weighted by atomic mass is 16.5. The van der Waals surface area contributed by atoms with Gasteiger partial charge in [-0.05, 0) is 51.4 Å². The molecule has 0 bridgehead atoms. The number of aromatic nitrogens is 2. The molecule has 5 heteroatoms. The molecule has 1 aromatic carbocycles. The quantitative estimate of drug-likeness (QED) is 0.782. The highest BCUT2D eigenvalue weighted by Crippen LogP contribution is 2.17. The monoisotopic (exact) mass is 328 g/mol. The zero-order valence-corrected chi connectivity index (χ0v) is 14.8. The topological polar surface area (TPSA) is 45.4 Å². The van der Waals surface area contributed by atoms with E-state index >= 15 is 0 Å². The van der Waals surface area contributed by atoms with Crippen LogP contribution in [0.5, 0.6) is 0 Å². The Bertz CT molecular complexity index is 613. The van der Waals surface area contributed by atoms with Gasteiger partial charge in [0.25, 0.3) is 0 Å². The first-order valence-corrected chi connectivity index (χ1v) is 8.96. The molecule has 2 heterocycles. The fraction of sp³-hybridized carbons (Fsp3) is 0.579. The molecule has 1 fully saturated rings. The highest BCUT2D eigenvalue weighted by molar-refractivity contribution is 5.14. The molecule has 0 aliphatic carbocycles. The lowest BCUT2D eigenvalue weighted by Gasteiger charge is -2.37. The Kier molecular flexibility index (Phi) is 5.99. The molecule has 2 aromatic rings. The number of benzene rings is 1. The van der Waals surface area contributed by atoms with Gasteiger partial charge in [0.2, 0.25) is 5.89 Å². The van der Waals surface area contributed by atoms with E-state index in [1.807, 2.05) is 6.92 Å². The molecule has 1 aliphatic rings. The first-order chi connectivity index (χ1) is 11.7. The van der Waals surface area contributed by atoms with E-state index in [1.54, 1.807) is 0 Å². The normalized spacial score (nSPS) is 19.0. The van der Waals surface area contributed by atoms with Crippen molar-refractivity contribution >= 4 is 0 Å². The van der Waals surface area contributed by atoms with E-state index in [0.717, 1.165) is 38.4 Å². The Morgan fingerprint density at radius 1 is 1.29 bits per heavy atom. The Labute approximate surface area is 144 Å². The van der Waals surface area contributed by atoms with Gasteiger partial charge in [-0.2, -0.15) is 4.98 Å². The molecule has 0 amide bonds. The van der Waals surface area contributed by atoms with Crippen LogP contribution in [0.15, 0.2) is 34.9 Å². The van der Waals surface area contributed by atoms with Gasteiger partial charge in [-0.25, -0.2) is 0 Å². The largest absolute Gasteiger partial charge is 0.340 e. The molecule has 1 aromatic heterocycles. The van der Waals surface area contributed by atoms with Crippen molar-refractivity contribution in [3.63, 3.8) is 0 Å². The molecule has 0 saturated carbocycles. The van der Waals surface area contributed by atoms with Crippen molar-refractivity contribution in [3.05, 3.63) is 47.6 Å². The highest BCUT2D eigenvalue weighted by Gasteiger charge is 2.23. The third-order valence-electron chi connectivity index (χ3n) is 4.86. The average molecular weight is 328 g/mol.